The van der Waals surface area contributed by atoms with Gasteiger partial charge in [-0.1, -0.05) is 400 Å². The summed E-state index contributed by atoms with van der Waals surface area (Å²) in [5.74, 6) is 0. The molecular weight excluding hydrogens is 985 g/mol. The van der Waals surface area contributed by atoms with Crippen molar-refractivity contribution >= 4 is 22.4 Å². The second-order valence-electron chi connectivity index (χ2n) is 25.7. The van der Waals surface area contributed by atoms with Crippen molar-refractivity contribution in [2.75, 3.05) is 0 Å². The molecule has 0 amide bonds. The van der Waals surface area contributed by atoms with Crippen LogP contribution in [-0.4, -0.2) is 22.8 Å². The zero-order valence-corrected chi connectivity index (χ0v) is 55.7. The molecule has 0 aromatic rings. The lowest BCUT2D eigenvalue weighted by Crippen LogP contribution is -2.19. The Bertz CT molecular complexity index is 1060. The van der Waals surface area contributed by atoms with Crippen molar-refractivity contribution < 1.29 is 19.1 Å². The zero-order chi connectivity index (χ0) is 57.1. The highest BCUT2D eigenvalue weighted by atomic mass is 32.2. The highest BCUT2D eigenvalue weighted by molar-refractivity contribution is 8.25. The molecule has 5 heteroatoms. The molecule has 2 unspecified atom stereocenters. The fourth-order valence-electron chi connectivity index (χ4n) is 12.2. The largest absolute Gasteiger partial charge is 0.454 e. The Hall–Kier alpha value is -0.710. The molecule has 0 fully saturated rings. The fourth-order valence-corrected chi connectivity index (χ4v) is 12.7. The maximum Gasteiger partial charge on any atom is 0.378 e. The van der Waals surface area contributed by atoms with Gasteiger partial charge in [-0.05, 0) is 51.4 Å². The van der Waals surface area contributed by atoms with E-state index in [1.165, 1.54) is 372 Å². The fraction of sp³-hybridized carbons (Fsp3) is 0.973. The Kier molecular flexibility index (Phi) is 69.2. The van der Waals surface area contributed by atoms with E-state index >= 15 is 0 Å². The minimum atomic E-state index is -0.444. The van der Waals surface area contributed by atoms with Crippen LogP contribution in [0.3, 0.4) is 0 Å². The first kappa shape index (κ1) is 78.3. The van der Waals surface area contributed by atoms with Crippen LogP contribution in [0.5, 0.6) is 0 Å². The molecule has 0 saturated heterocycles. The van der Waals surface area contributed by atoms with Gasteiger partial charge in [-0.3, -0.25) is 0 Å². The van der Waals surface area contributed by atoms with E-state index in [0.29, 0.717) is 11.8 Å². The molecule has 79 heavy (non-hydrogen) atoms. The summed E-state index contributed by atoms with van der Waals surface area (Å²) in [5.41, 5.74) is 0. The minimum absolute atomic E-state index is 0.0948. The lowest BCUT2D eigenvalue weighted by molar-refractivity contribution is 0.102. The van der Waals surface area contributed by atoms with E-state index in [1.54, 1.807) is 0 Å². The maximum absolute atomic E-state index is 13.4. The number of ether oxygens (including phenoxy) is 2. The normalized spacial score (nSPS) is 12.4. The Labute approximate surface area is 502 Å². The van der Waals surface area contributed by atoms with Gasteiger partial charge >= 0.3 is 10.6 Å². The van der Waals surface area contributed by atoms with E-state index in [0.717, 1.165) is 51.4 Å². The first-order valence-corrected chi connectivity index (χ1v) is 38.0. The quantitative estimate of drug-likeness (QED) is 0.0449. The smallest absolute Gasteiger partial charge is 0.378 e. The van der Waals surface area contributed by atoms with Gasteiger partial charge in [-0.2, -0.15) is 0 Å². The highest BCUT2D eigenvalue weighted by Crippen LogP contribution is 2.25. The second-order valence-corrected chi connectivity index (χ2v) is 26.6. The predicted octanol–water partition coefficient (Wildman–Crippen LogP) is 28.6. The van der Waals surface area contributed by atoms with E-state index in [-0.39, 0.29) is 12.2 Å². The molecule has 0 aliphatic rings. The summed E-state index contributed by atoms with van der Waals surface area (Å²) in [6.07, 6.45) is 87.6. The highest BCUT2D eigenvalue weighted by Gasteiger charge is 2.22. The van der Waals surface area contributed by atoms with Gasteiger partial charge in [0.1, 0.15) is 12.2 Å². The van der Waals surface area contributed by atoms with Gasteiger partial charge in [-0.15, -0.1) is 0 Å². The van der Waals surface area contributed by atoms with Crippen LogP contribution in [0.4, 0.5) is 9.59 Å². The van der Waals surface area contributed by atoms with Crippen LogP contribution in [-0.2, 0) is 9.47 Å². The molecule has 0 aromatic heterocycles. The number of hydrogen-bond donors (Lipinski definition) is 0. The third-order valence-electron chi connectivity index (χ3n) is 17.7. The zero-order valence-electron chi connectivity index (χ0n) is 54.9. The summed E-state index contributed by atoms with van der Waals surface area (Å²) in [6, 6.07) is 0. The molecule has 0 heterocycles. The average molecular weight is 1130 g/mol. The van der Waals surface area contributed by atoms with E-state index in [9.17, 15) is 9.59 Å². The topological polar surface area (TPSA) is 52.6 Å². The molecule has 0 N–H and O–H groups in total. The monoisotopic (exact) mass is 1130 g/mol. The molecule has 0 rings (SSSR count). The number of thioether (sulfide) groups is 1. The predicted molar refractivity (Wildman–Crippen MR) is 356 cm³/mol. The van der Waals surface area contributed by atoms with Gasteiger partial charge in [-0.25, -0.2) is 9.59 Å². The van der Waals surface area contributed by atoms with Crippen LogP contribution < -0.4 is 0 Å². The van der Waals surface area contributed by atoms with Crippen LogP contribution >= 0.6 is 11.8 Å². The molecule has 2 atom stereocenters. The van der Waals surface area contributed by atoms with E-state index in [4.69, 9.17) is 9.47 Å². The van der Waals surface area contributed by atoms with Crippen molar-refractivity contribution in [3.63, 3.8) is 0 Å². The minimum Gasteiger partial charge on any atom is -0.454 e. The van der Waals surface area contributed by atoms with E-state index in [2.05, 4.69) is 27.7 Å². The Morgan fingerprint density at radius 2 is 0.316 bits per heavy atom. The summed E-state index contributed by atoms with van der Waals surface area (Å²) in [5, 5.41) is -0.888. The van der Waals surface area contributed by atoms with Crippen LogP contribution in [0.1, 0.15) is 451 Å². The molecule has 0 spiro atoms. The molecule has 4 nitrogen and oxygen atoms in total. The van der Waals surface area contributed by atoms with Gasteiger partial charge in [0.15, 0.2) is 0 Å². The Morgan fingerprint density at radius 3 is 0.443 bits per heavy atom. The van der Waals surface area contributed by atoms with Gasteiger partial charge in [0.2, 0.25) is 0 Å². The van der Waals surface area contributed by atoms with Crippen LogP contribution in [0.25, 0.3) is 0 Å². The molecule has 0 bridgehead atoms. The first-order valence-electron chi connectivity index (χ1n) is 37.2. The van der Waals surface area contributed by atoms with Gasteiger partial charge in [0.25, 0.3) is 0 Å². The maximum atomic E-state index is 13.4. The van der Waals surface area contributed by atoms with Crippen LogP contribution in [0.15, 0.2) is 0 Å². The third-order valence-corrected chi connectivity index (χ3v) is 18.2. The lowest BCUT2D eigenvalue weighted by atomic mass is 10.0. The van der Waals surface area contributed by atoms with E-state index in [1.807, 2.05) is 0 Å². The Balaban J connectivity index is 4.92. The molecule has 0 aliphatic heterocycles. The molecule has 472 valence electrons. The van der Waals surface area contributed by atoms with Crippen LogP contribution in [0, 0.1) is 0 Å². The average Bonchev–Trinajstić information content (AvgIpc) is 3.44. The molecule has 0 radical (unpaired) electrons. The molecule has 0 saturated carbocycles. The third kappa shape index (κ3) is 66.3. The molecule has 0 aromatic carbocycles. The summed E-state index contributed by atoms with van der Waals surface area (Å²) in [4.78, 5) is 26.9. The number of carbonyl (C=O) groups is 2. The van der Waals surface area contributed by atoms with Crippen molar-refractivity contribution in [1.82, 2.24) is 0 Å². The molecule has 0 aliphatic carbocycles. The first-order chi connectivity index (χ1) is 39.1. The number of rotatable bonds is 68. The lowest BCUT2D eigenvalue weighted by Gasteiger charge is -2.19. The summed E-state index contributed by atoms with van der Waals surface area (Å²) >= 11 is 0.691. The summed E-state index contributed by atoms with van der Waals surface area (Å²) < 4.78 is 12.3. The van der Waals surface area contributed by atoms with Gasteiger partial charge in [0.05, 0.1) is 11.8 Å². The number of hydrogen-bond acceptors (Lipinski definition) is 5. The van der Waals surface area contributed by atoms with Crippen molar-refractivity contribution in [1.29, 1.82) is 0 Å². The van der Waals surface area contributed by atoms with Crippen LogP contribution in [0.2, 0.25) is 0 Å². The summed E-state index contributed by atoms with van der Waals surface area (Å²) in [6.45, 7) is 9.20. The number of unbranched alkanes of at least 4 members (excludes halogenated alkanes) is 58. The van der Waals surface area contributed by atoms with Gasteiger partial charge in [0, 0.05) is 0 Å². The standard InChI is InChI=1S/C74H146O4S/c1-5-9-13-17-21-25-29-33-37-41-45-49-53-57-61-65-69-71(67-63-59-55-51-47-43-39-35-31-27-23-19-15-11-7-3)77-73(75)79-74(76)78-72(68-64-60-56-52-48-44-40-36-32-28-24-20-16-12-8-4)70-66-62-58-54-50-46-42-38-34-30-26-22-18-14-10-6-2/h71-72H,5-70H2,1-4H3. The Morgan fingerprint density at radius 1 is 0.203 bits per heavy atom. The van der Waals surface area contributed by atoms with Crippen molar-refractivity contribution in [3.8, 4) is 0 Å². The SMILES string of the molecule is CCCCCCCCCCCCCCCCCCC(CCCCCCCCCCCCCCCCC)OC(=O)SC(=O)OC(CCCCCCCCCCCCCCCCC)CCCCCCCCCCCCCCCCCC. The molecular formula is C74H146O4S. The number of carbonyl (C=O) groups excluding carboxylic acids is 2. The van der Waals surface area contributed by atoms with Gasteiger partial charge < -0.3 is 9.47 Å². The van der Waals surface area contributed by atoms with E-state index < -0.39 is 10.6 Å². The van der Waals surface area contributed by atoms with Crippen molar-refractivity contribution in [3.05, 3.63) is 0 Å². The van der Waals surface area contributed by atoms with Crippen molar-refractivity contribution in [2.24, 2.45) is 0 Å². The summed E-state index contributed by atoms with van der Waals surface area (Å²) in [7, 11) is 0. The second kappa shape index (κ2) is 69.8. The van der Waals surface area contributed by atoms with Crippen molar-refractivity contribution in [2.45, 2.75) is 464 Å².